The minimum atomic E-state index is -0.888. The second-order valence-electron chi connectivity index (χ2n) is 11.2. The van der Waals surface area contributed by atoms with Crippen LogP contribution in [0.1, 0.15) is 34.7 Å². The molecule has 0 bridgehead atoms. The molecule has 2 aliphatic rings. The standard InChI is InChI=1S/C38H34O5.CHClS/c1-37(42-24-23-39-2)33-12-8-7-11-31(33)34-29-9-5-6-10-30(29)36-32(35(34)37)21-22-38(43-36,25-13-17-27(40-3)18-14-25)26-15-19-28(41-4)20-16-26;2-1-3/h5-22H,23-24H2,1-4H3;1H. The van der Waals surface area contributed by atoms with E-state index < -0.39 is 11.2 Å². The van der Waals surface area contributed by atoms with Crippen molar-refractivity contribution in [3.05, 3.63) is 131 Å². The van der Waals surface area contributed by atoms with Crippen LogP contribution in [0.5, 0.6) is 17.2 Å². The number of hydrogen-bond acceptors (Lipinski definition) is 6. The average molecular weight is 651 g/mol. The first-order valence-electron chi connectivity index (χ1n) is 15.0. The number of benzene rings is 5. The molecule has 1 heterocycles. The first-order chi connectivity index (χ1) is 22.4. The van der Waals surface area contributed by atoms with Crippen LogP contribution in [-0.2, 0) is 20.7 Å². The highest BCUT2D eigenvalue weighted by Crippen LogP contribution is 2.58. The molecule has 1 unspecified atom stereocenters. The van der Waals surface area contributed by atoms with E-state index in [0.717, 1.165) is 60.7 Å². The van der Waals surface area contributed by atoms with Crippen LogP contribution >= 0.6 is 23.8 Å². The van der Waals surface area contributed by atoms with Gasteiger partial charge in [0.05, 0.1) is 32.3 Å². The monoisotopic (exact) mass is 650 g/mol. The van der Waals surface area contributed by atoms with Crippen molar-refractivity contribution in [2.75, 3.05) is 34.5 Å². The van der Waals surface area contributed by atoms with E-state index in [0.29, 0.717) is 13.2 Å². The molecule has 5 aromatic rings. The zero-order valence-electron chi connectivity index (χ0n) is 26.2. The molecule has 46 heavy (non-hydrogen) atoms. The van der Waals surface area contributed by atoms with Gasteiger partial charge in [-0.2, -0.15) is 0 Å². The molecule has 1 atom stereocenters. The first-order valence-corrected chi connectivity index (χ1v) is 15.9. The summed E-state index contributed by atoms with van der Waals surface area (Å²) in [7, 11) is 5.06. The van der Waals surface area contributed by atoms with Crippen LogP contribution in [0, 0.1) is 0 Å². The molecule has 7 rings (SSSR count). The number of halogens is 1. The lowest BCUT2D eigenvalue weighted by Crippen LogP contribution is -2.35. The normalized spacial score (nSPS) is 16.7. The minimum Gasteiger partial charge on any atom is -0.497 e. The third kappa shape index (κ3) is 5.25. The fourth-order valence-electron chi connectivity index (χ4n) is 6.75. The Morgan fingerprint density at radius 2 is 1.33 bits per heavy atom. The summed E-state index contributed by atoms with van der Waals surface area (Å²) in [6, 6.07) is 33.3. The molecule has 0 fully saturated rings. The number of methoxy groups -OCH3 is 3. The minimum absolute atomic E-state index is 0.467. The molecule has 0 radical (unpaired) electrons. The number of fused-ring (bicyclic) bond motifs is 8. The highest BCUT2D eigenvalue weighted by molar-refractivity contribution is 7.81. The van der Waals surface area contributed by atoms with E-state index in [4.69, 9.17) is 23.7 Å². The van der Waals surface area contributed by atoms with Crippen LogP contribution in [-0.4, -0.2) is 39.4 Å². The van der Waals surface area contributed by atoms with Gasteiger partial charge in [-0.3, -0.25) is 0 Å². The molecule has 1 aliphatic carbocycles. The van der Waals surface area contributed by atoms with E-state index in [1.807, 2.05) is 24.3 Å². The summed E-state index contributed by atoms with van der Waals surface area (Å²) in [4.78, 5) is 1.06. The Morgan fingerprint density at radius 1 is 0.761 bits per heavy atom. The highest BCUT2D eigenvalue weighted by atomic mass is 35.5. The van der Waals surface area contributed by atoms with Crippen molar-refractivity contribution in [1.29, 1.82) is 0 Å². The van der Waals surface area contributed by atoms with Gasteiger partial charge in [-0.1, -0.05) is 103 Å². The number of thiocarbonyl (C=S) groups is 1. The van der Waals surface area contributed by atoms with Gasteiger partial charge in [0.15, 0.2) is 5.60 Å². The van der Waals surface area contributed by atoms with Crippen LogP contribution < -0.4 is 14.2 Å². The largest absolute Gasteiger partial charge is 0.497 e. The molecular formula is C39H35ClO5S. The molecule has 7 heteroatoms. The number of ether oxygens (including phenoxy) is 5. The topological polar surface area (TPSA) is 46.2 Å². The predicted octanol–water partition coefficient (Wildman–Crippen LogP) is 9.30. The smallest absolute Gasteiger partial charge is 0.178 e. The lowest BCUT2D eigenvalue weighted by molar-refractivity contribution is -0.0261. The van der Waals surface area contributed by atoms with E-state index in [2.05, 4.69) is 116 Å². The molecule has 1 aliphatic heterocycles. The Hall–Kier alpha value is -4.20. The molecular weight excluding hydrogens is 616 g/mol. The highest BCUT2D eigenvalue weighted by Gasteiger charge is 2.46. The number of rotatable bonds is 8. The summed E-state index contributed by atoms with van der Waals surface area (Å²) in [5, 5.41) is 2.19. The fourth-order valence-corrected chi connectivity index (χ4v) is 6.75. The Morgan fingerprint density at radius 3 is 1.91 bits per heavy atom. The van der Waals surface area contributed by atoms with E-state index in [-0.39, 0.29) is 0 Å². The van der Waals surface area contributed by atoms with Crippen LogP contribution in [0.25, 0.3) is 28.0 Å². The molecule has 5 aromatic carbocycles. The summed E-state index contributed by atoms with van der Waals surface area (Å²) in [6.45, 7) is 3.15. The van der Waals surface area contributed by atoms with Crippen molar-refractivity contribution in [3.8, 4) is 28.4 Å². The third-order valence-electron chi connectivity index (χ3n) is 8.86. The molecule has 0 saturated carbocycles. The van der Waals surface area contributed by atoms with Gasteiger partial charge in [-0.25, -0.2) is 0 Å². The Labute approximate surface area is 280 Å². The summed E-state index contributed by atoms with van der Waals surface area (Å²) >= 11 is 8.72. The second kappa shape index (κ2) is 13.3. The van der Waals surface area contributed by atoms with Gasteiger partial charge in [-0.15, -0.1) is 0 Å². The summed E-state index contributed by atoms with van der Waals surface area (Å²) in [5.41, 5.74) is 6.09. The van der Waals surface area contributed by atoms with Crippen LogP contribution in [0.2, 0.25) is 0 Å². The zero-order chi connectivity index (χ0) is 32.3. The van der Waals surface area contributed by atoms with Crippen molar-refractivity contribution >= 4 is 45.5 Å². The summed E-state index contributed by atoms with van der Waals surface area (Å²) in [5.74, 6) is 2.41. The molecule has 5 nitrogen and oxygen atoms in total. The summed E-state index contributed by atoms with van der Waals surface area (Å²) in [6.07, 6.45) is 4.40. The van der Waals surface area contributed by atoms with E-state index in [1.54, 1.807) is 21.3 Å². The quantitative estimate of drug-likeness (QED) is 0.0948. The van der Waals surface area contributed by atoms with Crippen molar-refractivity contribution < 1.29 is 23.7 Å². The first kappa shape index (κ1) is 31.8. The van der Waals surface area contributed by atoms with Gasteiger partial charge in [0.25, 0.3) is 0 Å². The third-order valence-corrected chi connectivity index (χ3v) is 8.86. The Kier molecular flexibility index (Phi) is 9.16. The molecule has 0 saturated heterocycles. The van der Waals surface area contributed by atoms with Gasteiger partial charge >= 0.3 is 0 Å². The molecule has 0 N–H and O–H groups in total. The van der Waals surface area contributed by atoms with Gasteiger partial charge in [-0.05, 0) is 59.3 Å². The van der Waals surface area contributed by atoms with Crippen molar-refractivity contribution in [3.63, 3.8) is 0 Å². The Balaban J connectivity index is 0.00000119. The second-order valence-corrected chi connectivity index (χ2v) is 11.9. The predicted molar refractivity (Wildman–Crippen MR) is 190 cm³/mol. The fraction of sp³-hybridized carbons (Fsp3) is 0.205. The molecule has 0 amide bonds. The van der Waals surface area contributed by atoms with Crippen LogP contribution in [0.3, 0.4) is 0 Å². The lowest BCUT2D eigenvalue weighted by Gasteiger charge is -2.39. The Bertz CT molecular complexity index is 1850. The maximum absolute atomic E-state index is 7.35. The average Bonchev–Trinajstić information content (AvgIpc) is 3.37. The molecule has 0 aromatic heterocycles. The SMILES string of the molecule is COCCOC1(C)c2ccccc2-c2c1c1c(c3ccccc23)OC(c2ccc(OC)cc2)(c2ccc(OC)cc2)C=C1.S=CCl. The van der Waals surface area contributed by atoms with Crippen molar-refractivity contribution in [1.82, 2.24) is 0 Å². The molecule has 234 valence electrons. The van der Waals surface area contributed by atoms with E-state index in [9.17, 15) is 0 Å². The maximum Gasteiger partial charge on any atom is 0.178 e. The summed E-state index contributed by atoms with van der Waals surface area (Å²) < 4.78 is 30.4. The molecule has 0 spiro atoms. The van der Waals surface area contributed by atoms with Gasteiger partial charge in [0.2, 0.25) is 0 Å². The van der Waals surface area contributed by atoms with E-state index in [1.165, 1.54) is 11.1 Å². The van der Waals surface area contributed by atoms with E-state index >= 15 is 0 Å². The maximum atomic E-state index is 7.35. The van der Waals surface area contributed by atoms with Crippen LogP contribution in [0.4, 0.5) is 0 Å². The van der Waals surface area contributed by atoms with Crippen molar-refractivity contribution in [2.24, 2.45) is 0 Å². The number of hydrogen-bond donors (Lipinski definition) is 0. The van der Waals surface area contributed by atoms with Crippen LogP contribution in [0.15, 0.2) is 103 Å². The van der Waals surface area contributed by atoms with Gasteiger partial charge < -0.3 is 23.7 Å². The zero-order valence-corrected chi connectivity index (χ0v) is 27.8. The lowest BCUT2D eigenvalue weighted by atomic mass is 9.80. The van der Waals surface area contributed by atoms with Gasteiger partial charge in [0, 0.05) is 34.7 Å². The van der Waals surface area contributed by atoms with Gasteiger partial charge in [0.1, 0.15) is 22.8 Å². The van der Waals surface area contributed by atoms with Crippen molar-refractivity contribution in [2.45, 2.75) is 18.1 Å².